The molecule has 0 aromatic carbocycles. The Labute approximate surface area is 117 Å². The van der Waals surface area contributed by atoms with E-state index in [0.29, 0.717) is 0 Å². The molecular weight excluding hydrogens is 475 g/mol. The molecule has 0 atom stereocenters. The summed E-state index contributed by atoms with van der Waals surface area (Å²) in [5.41, 5.74) is 0. The fourth-order valence-corrected chi connectivity index (χ4v) is 2.35. The van der Waals surface area contributed by atoms with E-state index in [9.17, 15) is 38.6 Å². The van der Waals surface area contributed by atoms with Crippen LogP contribution in [0.3, 0.4) is 0 Å². The average molecular weight is 487 g/mol. The van der Waals surface area contributed by atoms with Gasteiger partial charge in [-0.1, -0.05) is 15.2 Å². The monoisotopic (exact) mass is 487 g/mol. The minimum absolute atomic E-state index is 0. The third-order valence-corrected chi connectivity index (χ3v) is 2.59. The van der Waals surface area contributed by atoms with E-state index in [1.54, 1.807) is 0 Å². The van der Waals surface area contributed by atoms with Crippen LogP contribution >= 0.6 is 15.2 Å². The maximum atomic E-state index is 10.2. The molecule has 0 unspecified atom stereocenters. The molecule has 0 fully saturated rings. The summed E-state index contributed by atoms with van der Waals surface area (Å²) in [6, 6.07) is 0. The first kappa shape index (κ1) is 26.8. The minimum Gasteiger partial charge on any atom is -0.810 e. The van der Waals surface area contributed by atoms with Crippen molar-refractivity contribution in [3.05, 3.63) is 0 Å². The summed E-state index contributed by atoms with van der Waals surface area (Å²) in [7, 11) is -10.3. The second-order valence-corrected chi connectivity index (χ2v) is 5.71. The van der Waals surface area contributed by atoms with E-state index < -0.39 is 40.3 Å². The third-order valence-electron chi connectivity index (χ3n) is 1.10. The molecule has 11 nitrogen and oxygen atoms in total. The smallest absolute Gasteiger partial charge is 0.810 e. The maximum absolute atomic E-state index is 10.2. The number of hydrogen-bond donors (Lipinski definition) is 2. The first-order valence-corrected chi connectivity index (χ1v) is 6.89. The van der Waals surface area contributed by atoms with E-state index in [0.717, 1.165) is 0 Å². The van der Waals surface area contributed by atoms with E-state index in [-0.39, 0.29) is 38.3 Å². The van der Waals surface area contributed by atoms with Gasteiger partial charge in [0.25, 0.3) is 0 Å². The molecule has 114 valence electrons. The van der Waals surface area contributed by atoms with Gasteiger partial charge in [-0.05, 0) is 0 Å². The predicted octanol–water partition coefficient (Wildman–Crippen LogP) is -4.90. The topological polar surface area (TPSA) is 240 Å². The molecular formula is C4H12N3O8P2Pt-3. The average Bonchev–Trinajstić information content (AvgIpc) is 1.73. The summed E-state index contributed by atoms with van der Waals surface area (Å²) < 4.78 is 20.5. The Bertz CT molecular complexity index is 304. The van der Waals surface area contributed by atoms with Crippen molar-refractivity contribution >= 4 is 21.2 Å². The Morgan fingerprint density at radius 2 is 1.22 bits per heavy atom. The van der Waals surface area contributed by atoms with Gasteiger partial charge >= 0.3 is 21.1 Å². The molecule has 0 rings (SSSR count). The fourth-order valence-electron chi connectivity index (χ4n) is 0.817. The van der Waals surface area contributed by atoms with Crippen LogP contribution < -0.4 is 37.0 Å². The number of carbonyl (C=O) groups is 1. The first-order valence-electron chi connectivity index (χ1n) is 3.44. The van der Waals surface area contributed by atoms with Crippen LogP contribution in [0.1, 0.15) is 0 Å². The SMILES string of the molecule is N.N.O=C([O-])CN(CP(=O)([O-])[O-])CP(=O)([O-])[O-].[Pt+2]. The van der Waals surface area contributed by atoms with Gasteiger partial charge in [0.1, 0.15) is 0 Å². The first-order chi connectivity index (χ1) is 6.49. The molecule has 18 heavy (non-hydrogen) atoms. The van der Waals surface area contributed by atoms with Crippen molar-refractivity contribution in [2.75, 3.05) is 19.1 Å². The van der Waals surface area contributed by atoms with Crippen LogP contribution in [0.4, 0.5) is 0 Å². The zero-order chi connectivity index (χ0) is 12.3. The van der Waals surface area contributed by atoms with Crippen molar-refractivity contribution < 1.29 is 59.7 Å². The molecule has 0 saturated carbocycles. The quantitative estimate of drug-likeness (QED) is 0.337. The van der Waals surface area contributed by atoms with Gasteiger partial charge in [0.05, 0.1) is 5.97 Å². The minimum atomic E-state index is -5.13. The number of carboxylic acids is 1. The van der Waals surface area contributed by atoms with E-state index in [4.69, 9.17) is 0 Å². The Morgan fingerprint density at radius 3 is 1.39 bits per heavy atom. The molecule has 0 aliphatic heterocycles. The van der Waals surface area contributed by atoms with Gasteiger partial charge in [-0.3, -0.25) is 4.90 Å². The Balaban J connectivity index is -0.000000327. The Morgan fingerprint density at radius 1 is 0.944 bits per heavy atom. The van der Waals surface area contributed by atoms with Gasteiger partial charge in [-0.15, -0.1) is 0 Å². The summed E-state index contributed by atoms with van der Waals surface area (Å²) in [6.07, 6.45) is -2.70. The van der Waals surface area contributed by atoms with Crippen molar-refractivity contribution in [3.8, 4) is 0 Å². The molecule has 0 heterocycles. The number of carbonyl (C=O) groups excluding carboxylic acids is 1. The zero-order valence-corrected chi connectivity index (χ0v) is 13.0. The normalized spacial score (nSPS) is 10.9. The van der Waals surface area contributed by atoms with Gasteiger partial charge in [0.2, 0.25) is 0 Å². The molecule has 0 saturated heterocycles. The summed E-state index contributed by atoms with van der Waals surface area (Å²) in [4.78, 5) is 51.1. The summed E-state index contributed by atoms with van der Waals surface area (Å²) in [5.74, 6) is -1.79. The standard InChI is InChI=1S/C4H11NO8P2.2H3N.Pt/c6-4(7)1-5(2-14(8,9)10)3-15(11,12)13;;;/h1-3H2,(H,6,7)(H2,8,9,10)(H2,11,12,13);2*1H3;/q;;;+2/p-5. The largest absolute Gasteiger partial charge is 2.00 e. The van der Waals surface area contributed by atoms with Crippen LogP contribution in [0, 0.1) is 0 Å². The number of carboxylic acid groups (broad SMARTS) is 1. The van der Waals surface area contributed by atoms with Gasteiger partial charge in [0, 0.05) is 19.1 Å². The van der Waals surface area contributed by atoms with Crippen LogP contribution in [-0.2, 0) is 35.0 Å². The molecule has 0 aliphatic carbocycles. The molecule has 0 aromatic heterocycles. The van der Waals surface area contributed by atoms with Crippen LogP contribution in [0.15, 0.2) is 0 Å². The molecule has 14 heteroatoms. The van der Waals surface area contributed by atoms with Gasteiger partial charge in [0.15, 0.2) is 0 Å². The van der Waals surface area contributed by atoms with Crippen molar-refractivity contribution in [2.45, 2.75) is 0 Å². The predicted molar refractivity (Wildman–Crippen MR) is 46.7 cm³/mol. The van der Waals surface area contributed by atoms with Crippen molar-refractivity contribution in [3.63, 3.8) is 0 Å². The van der Waals surface area contributed by atoms with E-state index in [1.807, 2.05) is 0 Å². The molecule has 0 radical (unpaired) electrons. The summed E-state index contributed by atoms with van der Waals surface area (Å²) in [5, 5.41) is 10.0. The molecule has 0 aliphatic rings. The number of rotatable bonds is 6. The maximum Gasteiger partial charge on any atom is 2.00 e. The van der Waals surface area contributed by atoms with Crippen molar-refractivity contribution in [2.24, 2.45) is 0 Å². The van der Waals surface area contributed by atoms with Crippen LogP contribution in [-0.4, -0.2) is 30.0 Å². The van der Waals surface area contributed by atoms with E-state index in [1.165, 1.54) is 0 Å². The van der Waals surface area contributed by atoms with Crippen molar-refractivity contribution in [1.29, 1.82) is 0 Å². The second-order valence-electron chi connectivity index (χ2n) is 2.71. The number of aliphatic carboxylic acids is 1. The Kier molecular flexibility index (Phi) is 15.1. The molecule has 0 aromatic rings. The van der Waals surface area contributed by atoms with Crippen LogP contribution in [0.25, 0.3) is 0 Å². The number of nitrogens with zero attached hydrogens (tertiary/aromatic N) is 1. The van der Waals surface area contributed by atoms with Gasteiger partial charge in [-0.25, -0.2) is 0 Å². The van der Waals surface area contributed by atoms with Crippen LogP contribution in [0.5, 0.6) is 0 Å². The summed E-state index contributed by atoms with van der Waals surface area (Å²) >= 11 is 0. The zero-order valence-electron chi connectivity index (χ0n) is 8.96. The van der Waals surface area contributed by atoms with Gasteiger partial charge < -0.3 is 50.9 Å². The van der Waals surface area contributed by atoms with E-state index >= 15 is 0 Å². The fraction of sp³-hybridized carbons (Fsp3) is 0.750. The molecule has 0 spiro atoms. The van der Waals surface area contributed by atoms with Crippen LogP contribution in [0.2, 0.25) is 0 Å². The Hall–Kier alpha value is 0.338. The van der Waals surface area contributed by atoms with Gasteiger partial charge in [-0.2, -0.15) is 0 Å². The van der Waals surface area contributed by atoms with Crippen molar-refractivity contribution in [1.82, 2.24) is 17.2 Å². The molecule has 0 amide bonds. The molecule has 0 bridgehead atoms. The second kappa shape index (κ2) is 10.2. The molecule has 6 N–H and O–H groups in total. The summed E-state index contributed by atoms with van der Waals surface area (Å²) in [6.45, 7) is -1.12. The third kappa shape index (κ3) is 18.7. The number of hydrogen-bond acceptors (Lipinski definition) is 11. The van der Waals surface area contributed by atoms with E-state index in [2.05, 4.69) is 0 Å².